The number of aromatic nitrogens is 2. The molecule has 5 nitrogen and oxygen atoms in total. The molecule has 5 rings (SSSR count). The normalized spacial score (nSPS) is 11.0. The van der Waals surface area contributed by atoms with Crippen LogP contribution in [0, 0.1) is 0 Å². The number of hydrogen-bond donors (Lipinski definition) is 2. The van der Waals surface area contributed by atoms with E-state index in [1.807, 2.05) is 78.9 Å². The van der Waals surface area contributed by atoms with E-state index in [0.717, 1.165) is 37.7 Å². The molecule has 1 amide bonds. The van der Waals surface area contributed by atoms with E-state index in [1.54, 1.807) is 7.11 Å². The Labute approximate surface area is 187 Å². The number of carbonyl (C=O) groups is 1. The number of para-hydroxylation sites is 2. The number of aromatic amines is 1. The van der Waals surface area contributed by atoms with E-state index in [0.29, 0.717) is 17.0 Å². The number of nitrogens with zero attached hydrogens (tertiary/aromatic N) is 1. The van der Waals surface area contributed by atoms with Gasteiger partial charge in [0.25, 0.3) is 5.91 Å². The number of rotatable bonds is 4. The molecule has 5 aromatic rings. The average Bonchev–Trinajstić information content (AvgIpc) is 3.24. The SMILES string of the molecule is COc1c(C(=O)Nc2cccc(-c3nc4ccccc4[nH]3)c2)cc2ccccc2c1Br. The summed E-state index contributed by atoms with van der Waals surface area (Å²) in [7, 11) is 1.56. The zero-order valence-corrected chi connectivity index (χ0v) is 18.2. The number of amides is 1. The molecule has 6 heteroatoms. The van der Waals surface area contributed by atoms with Crippen LogP contribution in [0.15, 0.2) is 83.3 Å². The van der Waals surface area contributed by atoms with Crippen LogP contribution in [0.2, 0.25) is 0 Å². The first kappa shape index (κ1) is 19.3. The van der Waals surface area contributed by atoms with Crippen LogP contribution in [0.4, 0.5) is 5.69 Å². The number of fused-ring (bicyclic) bond motifs is 2. The fraction of sp³-hybridized carbons (Fsp3) is 0.0400. The van der Waals surface area contributed by atoms with Crippen LogP contribution >= 0.6 is 15.9 Å². The summed E-state index contributed by atoms with van der Waals surface area (Å²) in [6, 6.07) is 25.2. The highest BCUT2D eigenvalue weighted by atomic mass is 79.9. The Morgan fingerprint density at radius 3 is 2.65 bits per heavy atom. The summed E-state index contributed by atoms with van der Waals surface area (Å²) < 4.78 is 6.31. The number of nitrogens with one attached hydrogen (secondary N) is 2. The van der Waals surface area contributed by atoms with E-state index in [4.69, 9.17) is 4.74 Å². The predicted molar refractivity (Wildman–Crippen MR) is 128 cm³/mol. The zero-order chi connectivity index (χ0) is 21.4. The second kappa shape index (κ2) is 7.89. The number of anilines is 1. The minimum absolute atomic E-state index is 0.245. The van der Waals surface area contributed by atoms with Crippen LogP contribution in [0.1, 0.15) is 10.4 Å². The molecule has 2 N–H and O–H groups in total. The summed E-state index contributed by atoms with van der Waals surface area (Å²) in [6.07, 6.45) is 0. The van der Waals surface area contributed by atoms with Crippen LogP contribution in [-0.2, 0) is 0 Å². The second-order valence-corrected chi connectivity index (χ2v) is 7.92. The van der Waals surface area contributed by atoms with Gasteiger partial charge in [0.05, 0.1) is 28.2 Å². The van der Waals surface area contributed by atoms with Crippen LogP contribution in [0.5, 0.6) is 5.75 Å². The first-order valence-corrected chi connectivity index (χ1v) is 10.5. The number of benzene rings is 4. The van der Waals surface area contributed by atoms with Crippen molar-refractivity contribution in [1.29, 1.82) is 0 Å². The second-order valence-electron chi connectivity index (χ2n) is 7.13. The summed E-state index contributed by atoms with van der Waals surface area (Å²) in [4.78, 5) is 21.1. The Morgan fingerprint density at radius 2 is 1.81 bits per heavy atom. The van der Waals surface area contributed by atoms with Gasteiger partial charge in [0, 0.05) is 11.3 Å². The number of methoxy groups -OCH3 is 1. The van der Waals surface area contributed by atoms with Gasteiger partial charge in [-0.25, -0.2) is 4.98 Å². The van der Waals surface area contributed by atoms with Crippen molar-refractivity contribution in [1.82, 2.24) is 9.97 Å². The lowest BCUT2D eigenvalue weighted by Gasteiger charge is -2.14. The van der Waals surface area contributed by atoms with E-state index < -0.39 is 0 Å². The van der Waals surface area contributed by atoms with E-state index in [-0.39, 0.29) is 5.91 Å². The van der Waals surface area contributed by atoms with E-state index in [9.17, 15) is 4.79 Å². The Bertz CT molecular complexity index is 1410. The highest BCUT2D eigenvalue weighted by molar-refractivity contribution is 9.10. The monoisotopic (exact) mass is 471 g/mol. The molecule has 0 atom stereocenters. The molecule has 1 heterocycles. The molecule has 1 aromatic heterocycles. The molecular formula is C25H18BrN3O2. The van der Waals surface area contributed by atoms with Gasteiger partial charge in [0.15, 0.2) is 0 Å². The maximum Gasteiger partial charge on any atom is 0.259 e. The average molecular weight is 472 g/mol. The molecular weight excluding hydrogens is 454 g/mol. The molecule has 0 unspecified atom stereocenters. The minimum atomic E-state index is -0.245. The number of carbonyl (C=O) groups excluding carboxylic acids is 1. The molecule has 4 aromatic carbocycles. The van der Waals surface area contributed by atoms with Gasteiger partial charge >= 0.3 is 0 Å². The van der Waals surface area contributed by atoms with E-state index >= 15 is 0 Å². The van der Waals surface area contributed by atoms with Crippen LogP contribution in [0.25, 0.3) is 33.2 Å². The van der Waals surface area contributed by atoms with Gasteiger partial charge in [-0.15, -0.1) is 0 Å². The molecule has 0 aliphatic carbocycles. The minimum Gasteiger partial charge on any atom is -0.495 e. The highest BCUT2D eigenvalue weighted by Gasteiger charge is 2.18. The molecule has 0 spiro atoms. The largest absolute Gasteiger partial charge is 0.495 e. The summed E-state index contributed by atoms with van der Waals surface area (Å²) in [5, 5.41) is 4.93. The zero-order valence-electron chi connectivity index (χ0n) is 16.6. The summed E-state index contributed by atoms with van der Waals surface area (Å²) >= 11 is 3.59. The van der Waals surface area contributed by atoms with Crippen molar-refractivity contribution >= 4 is 49.3 Å². The molecule has 0 aliphatic heterocycles. The lowest BCUT2D eigenvalue weighted by atomic mass is 10.0. The van der Waals surface area contributed by atoms with Gasteiger partial charge in [-0.2, -0.15) is 0 Å². The maximum atomic E-state index is 13.1. The van der Waals surface area contributed by atoms with E-state index in [2.05, 4.69) is 31.2 Å². The third-order valence-corrected chi connectivity index (χ3v) is 5.96. The third kappa shape index (κ3) is 3.55. The van der Waals surface area contributed by atoms with Crippen molar-refractivity contribution in [2.24, 2.45) is 0 Å². The first-order chi connectivity index (χ1) is 15.1. The van der Waals surface area contributed by atoms with Crippen molar-refractivity contribution in [2.75, 3.05) is 12.4 Å². The van der Waals surface area contributed by atoms with Gasteiger partial charge in [0.1, 0.15) is 11.6 Å². The standard InChI is InChI=1S/C25H18BrN3O2/c1-31-23-19(14-15-7-2-3-10-18(15)22(23)26)25(30)27-17-9-6-8-16(13-17)24-28-20-11-4-5-12-21(20)29-24/h2-14H,1H3,(H,27,30)(H,28,29). The van der Waals surface area contributed by atoms with Gasteiger partial charge in [0.2, 0.25) is 0 Å². The van der Waals surface area contributed by atoms with Crippen molar-refractivity contribution in [3.63, 3.8) is 0 Å². The highest BCUT2D eigenvalue weighted by Crippen LogP contribution is 2.37. The van der Waals surface area contributed by atoms with Crippen LogP contribution in [-0.4, -0.2) is 23.0 Å². The van der Waals surface area contributed by atoms with E-state index in [1.165, 1.54) is 0 Å². The number of imidazole rings is 1. The molecule has 0 fully saturated rings. The molecule has 0 saturated heterocycles. The lowest BCUT2D eigenvalue weighted by Crippen LogP contribution is -2.13. The smallest absolute Gasteiger partial charge is 0.259 e. The summed E-state index contributed by atoms with van der Waals surface area (Å²) in [6.45, 7) is 0. The van der Waals surface area contributed by atoms with Gasteiger partial charge in [-0.3, -0.25) is 4.79 Å². The maximum absolute atomic E-state index is 13.1. The number of H-pyrrole nitrogens is 1. The number of ether oxygens (including phenoxy) is 1. The molecule has 31 heavy (non-hydrogen) atoms. The fourth-order valence-corrected chi connectivity index (χ4v) is 4.42. The summed E-state index contributed by atoms with van der Waals surface area (Å²) in [5.41, 5.74) is 3.90. The summed E-state index contributed by atoms with van der Waals surface area (Å²) in [5.74, 6) is 1.01. The Hall–Kier alpha value is -3.64. The topological polar surface area (TPSA) is 67.0 Å². The van der Waals surface area contributed by atoms with Crippen molar-refractivity contribution < 1.29 is 9.53 Å². The molecule has 0 aliphatic rings. The Balaban J connectivity index is 1.49. The van der Waals surface area contributed by atoms with Gasteiger partial charge < -0.3 is 15.0 Å². The number of hydrogen-bond acceptors (Lipinski definition) is 3. The van der Waals surface area contributed by atoms with Crippen molar-refractivity contribution in [2.45, 2.75) is 0 Å². The molecule has 0 bridgehead atoms. The quantitative estimate of drug-likeness (QED) is 0.318. The van der Waals surface area contributed by atoms with Crippen molar-refractivity contribution in [3.05, 3.63) is 88.9 Å². The van der Waals surface area contributed by atoms with Crippen molar-refractivity contribution in [3.8, 4) is 17.1 Å². The third-order valence-electron chi connectivity index (χ3n) is 5.17. The lowest BCUT2D eigenvalue weighted by molar-refractivity contribution is 0.102. The predicted octanol–water partition coefficient (Wildman–Crippen LogP) is 6.41. The van der Waals surface area contributed by atoms with Gasteiger partial charge in [-0.1, -0.05) is 48.5 Å². The van der Waals surface area contributed by atoms with Crippen LogP contribution < -0.4 is 10.1 Å². The van der Waals surface area contributed by atoms with Gasteiger partial charge in [-0.05, 0) is 57.0 Å². The molecule has 0 saturated carbocycles. The van der Waals surface area contributed by atoms with Crippen LogP contribution in [0.3, 0.4) is 0 Å². The first-order valence-electron chi connectivity index (χ1n) is 9.76. The number of halogens is 1. The Morgan fingerprint density at radius 1 is 1.00 bits per heavy atom. The fourth-order valence-electron chi connectivity index (χ4n) is 3.68. The molecule has 0 radical (unpaired) electrons. The Kier molecular flexibility index (Phi) is 4.92. The molecule has 152 valence electrons.